The molecule has 0 saturated carbocycles. The number of carboxylic acid groups (broad SMARTS) is 1. The highest BCUT2D eigenvalue weighted by atomic mass is 16.4. The Morgan fingerprint density at radius 2 is 1.50 bits per heavy atom. The van der Waals surface area contributed by atoms with Crippen LogP contribution in [0.25, 0.3) is 0 Å². The molecular weight excluding hydrogens is 248 g/mol. The van der Waals surface area contributed by atoms with Gasteiger partial charge in [0.05, 0.1) is 0 Å². The van der Waals surface area contributed by atoms with Crippen molar-refractivity contribution in [3.05, 3.63) is 11.6 Å². The number of hydrogen-bond donors (Lipinski definition) is 1. The molecule has 0 atom stereocenters. The van der Waals surface area contributed by atoms with Crippen LogP contribution in [0.3, 0.4) is 0 Å². The lowest BCUT2D eigenvalue weighted by atomic mass is 9.83. The number of carbonyl (C=O) groups is 1. The maximum Gasteiger partial charge on any atom is 0.330 e. The van der Waals surface area contributed by atoms with Crippen LogP contribution in [0.15, 0.2) is 11.6 Å². The van der Waals surface area contributed by atoms with Crippen molar-refractivity contribution in [2.24, 2.45) is 5.41 Å². The van der Waals surface area contributed by atoms with E-state index in [1.165, 1.54) is 57.8 Å². The van der Waals surface area contributed by atoms with Crippen molar-refractivity contribution in [1.29, 1.82) is 0 Å². The molecule has 0 spiro atoms. The fraction of sp³-hybridized carbons (Fsp3) is 0.833. The molecule has 118 valence electrons. The van der Waals surface area contributed by atoms with Crippen molar-refractivity contribution in [3.8, 4) is 0 Å². The molecule has 1 N–H and O–H groups in total. The first kappa shape index (κ1) is 19.2. The zero-order chi connectivity index (χ0) is 15.4. The fourth-order valence-electron chi connectivity index (χ4n) is 2.36. The van der Waals surface area contributed by atoms with Gasteiger partial charge < -0.3 is 5.11 Å². The summed E-state index contributed by atoms with van der Waals surface area (Å²) >= 11 is 0. The zero-order valence-electron chi connectivity index (χ0n) is 14.0. The Morgan fingerprint density at radius 1 is 1.00 bits per heavy atom. The number of allylic oxidation sites excluding steroid dienone is 1. The van der Waals surface area contributed by atoms with Gasteiger partial charge in [-0.15, -0.1) is 0 Å². The molecule has 0 aromatic rings. The first-order valence-corrected chi connectivity index (χ1v) is 8.29. The second kappa shape index (κ2) is 10.9. The van der Waals surface area contributed by atoms with Gasteiger partial charge in [0.15, 0.2) is 0 Å². The van der Waals surface area contributed by atoms with E-state index in [0.717, 1.165) is 6.42 Å². The van der Waals surface area contributed by atoms with E-state index in [0.29, 0.717) is 5.57 Å². The van der Waals surface area contributed by atoms with E-state index < -0.39 is 5.97 Å². The molecule has 0 aromatic carbocycles. The van der Waals surface area contributed by atoms with Gasteiger partial charge in [-0.05, 0) is 25.2 Å². The Balaban J connectivity index is 3.67. The smallest absolute Gasteiger partial charge is 0.330 e. The molecular formula is C18H34O2. The highest BCUT2D eigenvalue weighted by Gasteiger charge is 2.16. The normalized spacial score (nSPS) is 12.7. The zero-order valence-corrected chi connectivity index (χ0v) is 14.0. The predicted octanol–water partition coefficient (Wildman–Crippen LogP) is 5.96. The van der Waals surface area contributed by atoms with Crippen LogP contribution < -0.4 is 0 Å². The average Bonchev–Trinajstić information content (AvgIpc) is 2.39. The molecule has 0 unspecified atom stereocenters. The molecule has 0 radical (unpaired) electrons. The van der Waals surface area contributed by atoms with Crippen LogP contribution in [0.2, 0.25) is 0 Å². The van der Waals surface area contributed by atoms with Crippen LogP contribution in [0.4, 0.5) is 0 Å². The minimum atomic E-state index is -0.798. The Morgan fingerprint density at radius 3 is 2.00 bits per heavy atom. The number of rotatable bonds is 12. The molecule has 0 rings (SSSR count). The second-order valence-electron chi connectivity index (χ2n) is 6.79. The van der Waals surface area contributed by atoms with E-state index in [9.17, 15) is 4.79 Å². The Kier molecular flexibility index (Phi) is 10.5. The molecule has 0 aliphatic heterocycles. The molecule has 0 aromatic heterocycles. The Labute approximate surface area is 125 Å². The van der Waals surface area contributed by atoms with E-state index in [1.54, 1.807) is 6.92 Å². The van der Waals surface area contributed by atoms with Crippen LogP contribution in [0.1, 0.15) is 91.9 Å². The quantitative estimate of drug-likeness (QED) is 0.354. The maximum atomic E-state index is 10.8. The molecule has 0 heterocycles. The van der Waals surface area contributed by atoms with Crippen molar-refractivity contribution >= 4 is 5.97 Å². The first-order chi connectivity index (χ1) is 9.39. The van der Waals surface area contributed by atoms with Crippen LogP contribution in [-0.4, -0.2) is 11.1 Å². The van der Waals surface area contributed by atoms with Crippen LogP contribution in [0, 0.1) is 5.41 Å². The summed E-state index contributed by atoms with van der Waals surface area (Å²) in [5, 5.41) is 8.85. The average molecular weight is 282 g/mol. The van der Waals surface area contributed by atoms with Gasteiger partial charge in [0.1, 0.15) is 0 Å². The third-order valence-electron chi connectivity index (χ3n) is 4.01. The van der Waals surface area contributed by atoms with E-state index in [2.05, 4.69) is 20.8 Å². The molecule has 0 aliphatic carbocycles. The van der Waals surface area contributed by atoms with E-state index in [4.69, 9.17) is 5.11 Å². The van der Waals surface area contributed by atoms with Gasteiger partial charge in [-0.1, -0.05) is 78.2 Å². The topological polar surface area (TPSA) is 37.3 Å². The molecule has 0 saturated heterocycles. The van der Waals surface area contributed by atoms with Gasteiger partial charge in [0.2, 0.25) is 0 Å². The largest absolute Gasteiger partial charge is 0.478 e. The lowest BCUT2D eigenvalue weighted by Gasteiger charge is -2.23. The lowest BCUT2D eigenvalue weighted by molar-refractivity contribution is -0.132. The summed E-state index contributed by atoms with van der Waals surface area (Å²) in [6.45, 7) is 8.40. The van der Waals surface area contributed by atoms with E-state index in [-0.39, 0.29) is 5.41 Å². The number of unbranched alkanes of at least 4 members (excludes halogenated alkanes) is 7. The van der Waals surface area contributed by atoms with Gasteiger partial charge in [-0.3, -0.25) is 0 Å². The molecule has 0 fully saturated rings. The van der Waals surface area contributed by atoms with Gasteiger partial charge >= 0.3 is 5.97 Å². The van der Waals surface area contributed by atoms with Crippen LogP contribution in [-0.2, 0) is 4.79 Å². The summed E-state index contributed by atoms with van der Waals surface area (Å²) in [4.78, 5) is 10.8. The third-order valence-corrected chi connectivity index (χ3v) is 4.01. The fourth-order valence-corrected chi connectivity index (χ4v) is 2.36. The van der Waals surface area contributed by atoms with Gasteiger partial charge in [-0.25, -0.2) is 4.79 Å². The predicted molar refractivity (Wildman–Crippen MR) is 87.0 cm³/mol. The minimum absolute atomic E-state index is 0.221. The summed E-state index contributed by atoms with van der Waals surface area (Å²) in [5.41, 5.74) is 0.688. The lowest BCUT2D eigenvalue weighted by Crippen LogP contribution is -2.10. The summed E-state index contributed by atoms with van der Waals surface area (Å²) in [6, 6.07) is 0. The summed E-state index contributed by atoms with van der Waals surface area (Å²) in [7, 11) is 0. The van der Waals surface area contributed by atoms with Crippen molar-refractivity contribution in [3.63, 3.8) is 0 Å². The van der Waals surface area contributed by atoms with Crippen molar-refractivity contribution in [1.82, 2.24) is 0 Å². The molecule has 2 nitrogen and oxygen atoms in total. The van der Waals surface area contributed by atoms with Gasteiger partial charge in [-0.2, -0.15) is 0 Å². The number of carboxylic acids is 1. The minimum Gasteiger partial charge on any atom is -0.478 e. The third kappa shape index (κ3) is 11.1. The molecule has 2 heteroatoms. The molecule has 0 bridgehead atoms. The maximum absolute atomic E-state index is 10.8. The number of hydrogen-bond acceptors (Lipinski definition) is 1. The highest BCUT2D eigenvalue weighted by molar-refractivity contribution is 5.85. The van der Waals surface area contributed by atoms with Gasteiger partial charge in [0, 0.05) is 5.57 Å². The van der Waals surface area contributed by atoms with E-state index in [1.807, 2.05) is 6.08 Å². The molecule has 0 aliphatic rings. The van der Waals surface area contributed by atoms with Gasteiger partial charge in [0.25, 0.3) is 0 Å². The second-order valence-corrected chi connectivity index (χ2v) is 6.79. The number of aliphatic carboxylic acids is 1. The summed E-state index contributed by atoms with van der Waals surface area (Å²) in [6.07, 6.45) is 14.7. The van der Waals surface area contributed by atoms with Crippen LogP contribution >= 0.6 is 0 Å². The highest BCUT2D eigenvalue weighted by Crippen LogP contribution is 2.29. The standard InChI is InChI=1S/C18H34O2/c1-5-6-7-8-9-10-11-12-14-18(3,4)15-13-16(2)17(19)20/h13H,5-12,14-15H2,1-4H3,(H,19,20). The van der Waals surface area contributed by atoms with Crippen molar-refractivity contribution in [2.45, 2.75) is 91.9 Å². The summed E-state index contributed by atoms with van der Waals surface area (Å²) in [5.74, 6) is -0.798. The van der Waals surface area contributed by atoms with Crippen molar-refractivity contribution in [2.75, 3.05) is 0 Å². The van der Waals surface area contributed by atoms with Crippen LogP contribution in [0.5, 0.6) is 0 Å². The SMILES string of the molecule is CCCCCCCCCCC(C)(C)CC=C(C)C(=O)O. The summed E-state index contributed by atoms with van der Waals surface area (Å²) < 4.78 is 0. The molecule has 20 heavy (non-hydrogen) atoms. The Hall–Kier alpha value is -0.790. The van der Waals surface area contributed by atoms with Crippen molar-refractivity contribution < 1.29 is 9.90 Å². The molecule has 0 amide bonds. The van der Waals surface area contributed by atoms with E-state index >= 15 is 0 Å². The first-order valence-electron chi connectivity index (χ1n) is 8.29. The Bertz CT molecular complexity index is 290. The monoisotopic (exact) mass is 282 g/mol.